The van der Waals surface area contributed by atoms with Crippen LogP contribution in [-0.2, 0) is 27.2 Å². The highest BCUT2D eigenvalue weighted by molar-refractivity contribution is 7.72. The molecule has 0 aliphatic carbocycles. The van der Waals surface area contributed by atoms with E-state index < -0.39 is 20.6 Å². The van der Waals surface area contributed by atoms with Gasteiger partial charge in [0.2, 0.25) is 0 Å². The lowest BCUT2D eigenvalue weighted by atomic mass is 9.95. The molecule has 144 valence electrons. The summed E-state index contributed by atoms with van der Waals surface area (Å²) in [7, 11) is -7.22. The van der Waals surface area contributed by atoms with Gasteiger partial charge in [0.1, 0.15) is 0 Å². The van der Waals surface area contributed by atoms with Crippen LogP contribution in [0.1, 0.15) is 47.0 Å². The van der Waals surface area contributed by atoms with Gasteiger partial charge in [0.25, 0.3) is 0 Å². The average Bonchev–Trinajstić information content (AvgIpc) is 2.54. The number of nitrogens with one attached hydrogen (secondary N) is 1. The summed E-state index contributed by atoms with van der Waals surface area (Å²) in [5.74, 6) is 0.291. The Morgan fingerprint density at radius 1 is 0.833 bits per heavy atom. The van der Waals surface area contributed by atoms with E-state index in [4.69, 9.17) is 18.1 Å². The highest BCUT2D eigenvalue weighted by Crippen LogP contribution is 2.72. The summed E-state index contributed by atoms with van der Waals surface area (Å²) < 4.78 is 48.8. The van der Waals surface area contributed by atoms with Crippen molar-refractivity contribution in [3.05, 3.63) is 0 Å². The van der Waals surface area contributed by atoms with Gasteiger partial charge in [-0.1, -0.05) is 0 Å². The van der Waals surface area contributed by atoms with Crippen molar-refractivity contribution in [2.75, 3.05) is 39.5 Å². The van der Waals surface area contributed by atoms with Crippen molar-refractivity contribution in [2.45, 2.75) is 52.4 Å². The Balaban J connectivity index is 3.15. The molecular weight excluding hydrogens is 352 g/mol. The lowest BCUT2D eigenvalue weighted by Crippen LogP contribution is -2.30. The predicted molar refractivity (Wildman–Crippen MR) is 95.7 cm³/mol. The molecule has 0 amide bonds. The predicted octanol–water partition coefficient (Wildman–Crippen LogP) is 4.23. The summed E-state index contributed by atoms with van der Waals surface area (Å²) in [6, 6.07) is 0. The molecule has 0 bridgehead atoms. The van der Waals surface area contributed by atoms with Crippen LogP contribution in [0.3, 0.4) is 0 Å². The molecule has 0 atom stereocenters. The third-order valence-corrected chi connectivity index (χ3v) is 10.0. The number of rotatable bonds is 12. The van der Waals surface area contributed by atoms with E-state index in [0.717, 1.165) is 25.9 Å². The molecule has 1 fully saturated rings. The van der Waals surface area contributed by atoms with E-state index in [1.165, 1.54) is 0 Å². The van der Waals surface area contributed by atoms with Gasteiger partial charge in [0, 0.05) is 0 Å². The Kier molecular flexibility index (Phi) is 10.3. The van der Waals surface area contributed by atoms with Gasteiger partial charge in [-0.05, 0) is 66.0 Å². The van der Waals surface area contributed by atoms with Gasteiger partial charge in [-0.15, -0.1) is 0 Å². The molecule has 0 saturated carbocycles. The second kappa shape index (κ2) is 11.1. The van der Waals surface area contributed by atoms with E-state index in [0.29, 0.717) is 12.3 Å². The van der Waals surface area contributed by atoms with Crippen LogP contribution < -0.4 is 5.32 Å². The Morgan fingerprint density at radius 3 is 1.54 bits per heavy atom. The average molecular weight is 385 g/mol. The molecule has 7 nitrogen and oxygen atoms in total. The zero-order valence-electron chi connectivity index (χ0n) is 15.4. The SMILES string of the molecule is CCOP(=O)(OCC)C(CC1CCNCC1)P(=O)(OCC)OCC. The molecule has 1 aliphatic rings. The lowest BCUT2D eigenvalue weighted by molar-refractivity contribution is 0.188. The van der Waals surface area contributed by atoms with E-state index in [2.05, 4.69) is 5.32 Å². The van der Waals surface area contributed by atoms with Crippen LogP contribution in [0.4, 0.5) is 0 Å². The molecule has 0 radical (unpaired) electrons. The highest BCUT2D eigenvalue weighted by Gasteiger charge is 2.51. The van der Waals surface area contributed by atoms with E-state index in [1.54, 1.807) is 27.7 Å². The van der Waals surface area contributed by atoms with E-state index in [9.17, 15) is 9.13 Å². The van der Waals surface area contributed by atoms with Crippen molar-refractivity contribution < 1.29 is 27.2 Å². The number of hydrogen-bond acceptors (Lipinski definition) is 7. The van der Waals surface area contributed by atoms with Crippen LogP contribution in [0.2, 0.25) is 0 Å². The fourth-order valence-corrected chi connectivity index (χ4v) is 8.56. The molecule has 24 heavy (non-hydrogen) atoms. The minimum Gasteiger partial charge on any atom is -0.317 e. The number of piperidine rings is 1. The van der Waals surface area contributed by atoms with Crippen molar-refractivity contribution in [3.8, 4) is 0 Å². The Hall–Kier alpha value is 0.260. The largest absolute Gasteiger partial charge is 0.345 e. The van der Waals surface area contributed by atoms with Crippen LogP contribution in [0, 0.1) is 5.92 Å². The number of hydrogen-bond donors (Lipinski definition) is 1. The Bertz CT molecular complexity index is 392. The first-order valence-electron chi connectivity index (χ1n) is 8.94. The van der Waals surface area contributed by atoms with Crippen molar-refractivity contribution >= 4 is 15.2 Å². The molecule has 0 spiro atoms. The molecule has 1 aliphatic heterocycles. The van der Waals surface area contributed by atoms with Crippen LogP contribution in [0.15, 0.2) is 0 Å². The van der Waals surface area contributed by atoms with Crippen LogP contribution in [0.25, 0.3) is 0 Å². The smallest absolute Gasteiger partial charge is 0.317 e. The Labute approximate surface area is 146 Å². The second-order valence-electron chi connectivity index (χ2n) is 5.66. The summed E-state index contributed by atoms with van der Waals surface area (Å²) in [5.41, 5.74) is 0. The van der Waals surface area contributed by atoms with E-state index in [1.807, 2.05) is 0 Å². The molecule has 0 aromatic rings. The maximum Gasteiger partial charge on any atom is 0.345 e. The topological polar surface area (TPSA) is 83.1 Å². The van der Waals surface area contributed by atoms with Crippen LogP contribution >= 0.6 is 15.2 Å². The fraction of sp³-hybridized carbons (Fsp3) is 1.00. The molecule has 9 heteroatoms. The van der Waals surface area contributed by atoms with E-state index >= 15 is 0 Å². The van der Waals surface area contributed by atoms with Gasteiger partial charge in [-0.3, -0.25) is 9.13 Å². The molecule has 0 aromatic carbocycles. The first-order chi connectivity index (χ1) is 11.5. The zero-order valence-corrected chi connectivity index (χ0v) is 17.2. The summed E-state index contributed by atoms with van der Waals surface area (Å²) in [6.07, 6.45) is 2.33. The van der Waals surface area contributed by atoms with Crippen molar-refractivity contribution in [1.29, 1.82) is 0 Å². The van der Waals surface area contributed by atoms with Gasteiger partial charge in [-0.2, -0.15) is 0 Å². The molecule has 0 unspecified atom stereocenters. The summed E-state index contributed by atoms with van der Waals surface area (Å²) in [5, 5.41) is 2.42. The standard InChI is InChI=1S/C15H33NO6P2/c1-5-19-23(17,20-6-2)15(13-14-9-11-16-12-10-14)24(18,21-7-3)22-8-4/h14-16H,5-13H2,1-4H3. The quantitative estimate of drug-likeness (QED) is 0.503. The fourth-order valence-electron chi connectivity index (χ4n) is 2.99. The minimum absolute atomic E-state index is 0.220. The Morgan fingerprint density at radius 2 is 1.21 bits per heavy atom. The summed E-state index contributed by atoms with van der Waals surface area (Å²) >= 11 is 0. The lowest BCUT2D eigenvalue weighted by Gasteiger charge is -2.34. The summed E-state index contributed by atoms with van der Waals surface area (Å²) in [6.45, 7) is 9.68. The van der Waals surface area contributed by atoms with Gasteiger partial charge < -0.3 is 23.4 Å². The van der Waals surface area contributed by atoms with Gasteiger partial charge in [0.15, 0.2) is 5.40 Å². The third-order valence-electron chi connectivity index (χ3n) is 3.97. The molecule has 1 saturated heterocycles. The zero-order chi connectivity index (χ0) is 18.1. The molecule has 1 heterocycles. The van der Waals surface area contributed by atoms with E-state index in [-0.39, 0.29) is 26.4 Å². The molecule has 1 N–H and O–H groups in total. The van der Waals surface area contributed by atoms with Gasteiger partial charge >= 0.3 is 15.2 Å². The van der Waals surface area contributed by atoms with Gasteiger partial charge in [-0.25, -0.2) is 0 Å². The van der Waals surface area contributed by atoms with Crippen LogP contribution in [0.5, 0.6) is 0 Å². The molecule has 0 aromatic heterocycles. The monoisotopic (exact) mass is 385 g/mol. The molecule has 1 rings (SSSR count). The second-order valence-corrected chi connectivity index (χ2v) is 10.5. The highest BCUT2D eigenvalue weighted by atomic mass is 31.2. The third kappa shape index (κ3) is 6.21. The van der Waals surface area contributed by atoms with Crippen molar-refractivity contribution in [3.63, 3.8) is 0 Å². The van der Waals surface area contributed by atoms with Crippen molar-refractivity contribution in [1.82, 2.24) is 5.32 Å². The summed E-state index contributed by atoms with van der Waals surface area (Å²) in [4.78, 5) is 0. The first kappa shape index (κ1) is 22.3. The van der Waals surface area contributed by atoms with Crippen LogP contribution in [-0.4, -0.2) is 44.9 Å². The van der Waals surface area contributed by atoms with Gasteiger partial charge in [0.05, 0.1) is 26.4 Å². The first-order valence-corrected chi connectivity index (χ1v) is 12.2. The maximum atomic E-state index is 13.4. The normalized spacial score (nSPS) is 17.5. The molecular formula is C15H33NO6P2. The maximum absolute atomic E-state index is 13.4. The van der Waals surface area contributed by atoms with Crippen molar-refractivity contribution in [2.24, 2.45) is 5.92 Å². The minimum atomic E-state index is -3.61.